The third-order valence-corrected chi connectivity index (χ3v) is 7.87. The molecule has 214 valence electrons. The summed E-state index contributed by atoms with van der Waals surface area (Å²) in [5, 5.41) is 2.57. The van der Waals surface area contributed by atoms with Crippen molar-refractivity contribution in [1.82, 2.24) is 10.2 Å². The van der Waals surface area contributed by atoms with Gasteiger partial charge in [0.1, 0.15) is 24.2 Å². The molecule has 0 fully saturated rings. The number of hydrogen-bond donors (Lipinski definition) is 1. The van der Waals surface area contributed by atoms with E-state index in [1.54, 1.807) is 30.3 Å². The molecule has 0 saturated heterocycles. The highest BCUT2D eigenvalue weighted by atomic mass is 35.5. The van der Waals surface area contributed by atoms with Gasteiger partial charge < -0.3 is 10.2 Å². The molecule has 1 N–H and O–H groups in total. The van der Waals surface area contributed by atoms with Crippen molar-refractivity contribution in [2.24, 2.45) is 0 Å². The van der Waals surface area contributed by atoms with Gasteiger partial charge in [0, 0.05) is 24.6 Å². The van der Waals surface area contributed by atoms with Crippen molar-refractivity contribution in [2.45, 2.75) is 45.3 Å². The second-order valence-electron chi connectivity index (χ2n) is 9.50. The highest BCUT2D eigenvalue weighted by Crippen LogP contribution is 2.25. The van der Waals surface area contributed by atoms with Crippen LogP contribution >= 0.6 is 11.6 Å². The lowest BCUT2D eigenvalue weighted by molar-refractivity contribution is -0.140. The minimum absolute atomic E-state index is 0.0308. The van der Waals surface area contributed by atoms with Crippen LogP contribution < -0.4 is 9.62 Å². The average molecular weight is 592 g/mol. The topological polar surface area (TPSA) is 86.8 Å². The zero-order valence-corrected chi connectivity index (χ0v) is 24.1. The van der Waals surface area contributed by atoms with Crippen LogP contribution in [0.3, 0.4) is 0 Å². The normalized spacial score (nSPS) is 12.8. The summed E-state index contributed by atoms with van der Waals surface area (Å²) >= 11 is 5.89. The van der Waals surface area contributed by atoms with E-state index in [-0.39, 0.29) is 35.3 Å². The Kier molecular flexibility index (Phi) is 10.6. The number of anilines is 1. The van der Waals surface area contributed by atoms with Crippen LogP contribution in [0.25, 0.3) is 0 Å². The zero-order valence-electron chi connectivity index (χ0n) is 22.5. The number of sulfonamides is 1. The summed E-state index contributed by atoms with van der Waals surface area (Å²) in [6.07, 6.45) is 1.64. The second kappa shape index (κ2) is 13.7. The van der Waals surface area contributed by atoms with Crippen molar-refractivity contribution in [1.29, 1.82) is 0 Å². The lowest BCUT2D eigenvalue weighted by Crippen LogP contribution is -2.54. The molecule has 0 saturated carbocycles. The summed E-state index contributed by atoms with van der Waals surface area (Å²) in [7, 11) is -4.05. The zero-order chi connectivity index (χ0) is 29.4. The average Bonchev–Trinajstić information content (AvgIpc) is 2.91. The molecule has 40 heavy (non-hydrogen) atoms. The Bertz CT molecular complexity index is 1440. The van der Waals surface area contributed by atoms with Crippen molar-refractivity contribution in [3.63, 3.8) is 0 Å². The SMILES string of the molecule is CC[C@H](C)NC(=O)[C@@H](Cc1ccccc1)N(Cc1ccccc1F)C(=O)CN(c1ccc(F)c(Cl)c1)S(C)(=O)=O. The molecule has 0 bridgehead atoms. The Hall–Kier alpha value is -3.50. The number of hydrogen-bond acceptors (Lipinski definition) is 4. The number of amides is 2. The standard InChI is InChI=1S/C29H32ClF2N3O4S/c1-4-20(2)33-29(37)27(16-21-10-6-5-7-11-21)34(18-22-12-8-9-13-25(22)31)28(36)19-35(40(3,38)39)23-14-15-26(32)24(30)17-23/h5-15,17,20,27H,4,16,18-19H2,1-3H3,(H,33,37)/t20-,27+/m0/s1. The lowest BCUT2D eigenvalue weighted by atomic mass is 10.0. The molecule has 0 heterocycles. The fourth-order valence-corrected chi connectivity index (χ4v) is 5.08. The molecular formula is C29H32ClF2N3O4S. The van der Waals surface area contributed by atoms with Gasteiger partial charge >= 0.3 is 0 Å². The van der Waals surface area contributed by atoms with E-state index < -0.39 is 46.1 Å². The lowest BCUT2D eigenvalue weighted by Gasteiger charge is -2.34. The molecule has 3 rings (SSSR count). The number of rotatable bonds is 12. The number of halogens is 3. The van der Waals surface area contributed by atoms with E-state index in [2.05, 4.69) is 5.32 Å². The molecule has 2 atom stereocenters. The number of nitrogens with zero attached hydrogens (tertiary/aromatic N) is 2. The van der Waals surface area contributed by atoms with Crippen LogP contribution in [0, 0.1) is 11.6 Å². The Morgan fingerprint density at radius 2 is 1.62 bits per heavy atom. The molecule has 0 unspecified atom stereocenters. The van der Waals surface area contributed by atoms with Gasteiger partial charge in [0.25, 0.3) is 0 Å². The summed E-state index contributed by atoms with van der Waals surface area (Å²) in [4.78, 5) is 28.7. The summed E-state index contributed by atoms with van der Waals surface area (Å²) in [5.74, 6) is -2.55. The van der Waals surface area contributed by atoms with E-state index in [4.69, 9.17) is 11.6 Å². The minimum Gasteiger partial charge on any atom is -0.352 e. The largest absolute Gasteiger partial charge is 0.352 e. The third kappa shape index (κ3) is 8.25. The van der Waals surface area contributed by atoms with Gasteiger partial charge in [0.2, 0.25) is 21.8 Å². The molecule has 0 radical (unpaired) electrons. The van der Waals surface area contributed by atoms with E-state index in [9.17, 15) is 26.8 Å². The summed E-state index contributed by atoms with van der Waals surface area (Å²) in [5.41, 5.74) is 0.876. The quantitative estimate of drug-likeness (QED) is 0.323. The van der Waals surface area contributed by atoms with Gasteiger partial charge in [-0.3, -0.25) is 13.9 Å². The third-order valence-electron chi connectivity index (χ3n) is 6.44. The Labute approximate surface area is 238 Å². The molecule has 0 aliphatic carbocycles. The Morgan fingerprint density at radius 1 is 0.975 bits per heavy atom. The molecule has 3 aromatic rings. The fourth-order valence-electron chi connectivity index (χ4n) is 4.06. The van der Waals surface area contributed by atoms with Crippen LogP contribution in [0.1, 0.15) is 31.4 Å². The van der Waals surface area contributed by atoms with Gasteiger partial charge in [-0.05, 0) is 43.2 Å². The van der Waals surface area contributed by atoms with Crippen LogP contribution in [0.5, 0.6) is 0 Å². The molecule has 11 heteroatoms. The summed E-state index contributed by atoms with van der Waals surface area (Å²) in [6, 6.07) is 16.9. The summed E-state index contributed by atoms with van der Waals surface area (Å²) < 4.78 is 54.9. The van der Waals surface area contributed by atoms with Gasteiger partial charge in [-0.15, -0.1) is 0 Å². The number of carbonyl (C=O) groups excluding carboxylic acids is 2. The van der Waals surface area contributed by atoms with Gasteiger partial charge in [0.15, 0.2) is 0 Å². The maximum Gasteiger partial charge on any atom is 0.244 e. The van der Waals surface area contributed by atoms with E-state index >= 15 is 0 Å². The van der Waals surface area contributed by atoms with Crippen molar-refractivity contribution in [3.8, 4) is 0 Å². The van der Waals surface area contributed by atoms with Crippen molar-refractivity contribution < 1.29 is 26.8 Å². The van der Waals surface area contributed by atoms with Crippen LogP contribution in [-0.2, 0) is 32.6 Å². The highest BCUT2D eigenvalue weighted by molar-refractivity contribution is 7.92. The van der Waals surface area contributed by atoms with E-state index in [0.29, 0.717) is 6.42 Å². The smallest absolute Gasteiger partial charge is 0.244 e. The molecule has 7 nitrogen and oxygen atoms in total. The van der Waals surface area contributed by atoms with Crippen molar-refractivity contribution in [3.05, 3.63) is 101 Å². The van der Waals surface area contributed by atoms with E-state index in [1.807, 2.05) is 19.9 Å². The highest BCUT2D eigenvalue weighted by Gasteiger charge is 2.34. The maximum absolute atomic E-state index is 14.8. The first-order valence-corrected chi connectivity index (χ1v) is 14.9. The predicted octanol–water partition coefficient (Wildman–Crippen LogP) is 4.94. The molecule has 0 spiro atoms. The summed E-state index contributed by atoms with van der Waals surface area (Å²) in [6.45, 7) is 2.71. The second-order valence-corrected chi connectivity index (χ2v) is 11.8. The van der Waals surface area contributed by atoms with Crippen LogP contribution in [0.15, 0.2) is 72.8 Å². The van der Waals surface area contributed by atoms with Crippen LogP contribution in [0.2, 0.25) is 5.02 Å². The monoisotopic (exact) mass is 591 g/mol. The van der Waals surface area contributed by atoms with Crippen molar-refractivity contribution in [2.75, 3.05) is 17.1 Å². The Morgan fingerprint density at radius 3 is 2.23 bits per heavy atom. The molecule has 0 aromatic heterocycles. The first kappa shape index (κ1) is 31.0. The minimum atomic E-state index is -4.05. The van der Waals surface area contributed by atoms with E-state index in [1.165, 1.54) is 29.2 Å². The van der Waals surface area contributed by atoms with Gasteiger partial charge in [-0.25, -0.2) is 17.2 Å². The van der Waals surface area contributed by atoms with Crippen molar-refractivity contribution >= 4 is 39.1 Å². The van der Waals surface area contributed by atoms with E-state index in [0.717, 1.165) is 28.3 Å². The van der Waals surface area contributed by atoms with Gasteiger partial charge in [-0.2, -0.15) is 0 Å². The molecule has 2 amide bonds. The van der Waals surface area contributed by atoms with Crippen LogP contribution in [-0.4, -0.2) is 50.0 Å². The molecule has 0 aliphatic heterocycles. The molecule has 0 aliphatic rings. The van der Waals surface area contributed by atoms with Gasteiger partial charge in [0.05, 0.1) is 17.0 Å². The molecular weight excluding hydrogens is 560 g/mol. The number of nitrogens with one attached hydrogen (secondary N) is 1. The predicted molar refractivity (Wildman–Crippen MR) is 152 cm³/mol. The first-order valence-electron chi connectivity index (χ1n) is 12.7. The first-order chi connectivity index (χ1) is 18.9. The number of carbonyl (C=O) groups is 2. The van der Waals surface area contributed by atoms with Crippen LogP contribution in [0.4, 0.5) is 14.5 Å². The maximum atomic E-state index is 14.8. The Balaban J connectivity index is 2.08. The fraction of sp³-hybridized carbons (Fsp3) is 0.310. The number of benzene rings is 3. The van der Waals surface area contributed by atoms with Gasteiger partial charge in [-0.1, -0.05) is 67.1 Å². The molecule has 3 aromatic carbocycles.